The lowest BCUT2D eigenvalue weighted by molar-refractivity contribution is -0.146. The lowest BCUT2D eigenvalue weighted by Crippen LogP contribution is -2.39. The Labute approximate surface area is 106 Å². The van der Waals surface area contributed by atoms with Crippen LogP contribution in [0.5, 0.6) is 0 Å². The number of carbonyl (C=O) groups excluding carboxylic acids is 1. The van der Waals surface area contributed by atoms with Crippen molar-refractivity contribution in [1.82, 2.24) is 10.3 Å². The summed E-state index contributed by atoms with van der Waals surface area (Å²) in [6.45, 7) is 6.30. The molecule has 0 fully saturated rings. The summed E-state index contributed by atoms with van der Waals surface area (Å²) in [7, 11) is 0. The first-order valence-corrected chi connectivity index (χ1v) is 6.92. The van der Waals surface area contributed by atoms with Gasteiger partial charge in [0.25, 0.3) is 0 Å². The van der Waals surface area contributed by atoms with Gasteiger partial charge in [-0.1, -0.05) is 13.8 Å². The smallest absolute Gasteiger partial charge is 0.323 e. The van der Waals surface area contributed by atoms with Crippen LogP contribution in [-0.2, 0) is 9.53 Å². The zero-order valence-corrected chi connectivity index (χ0v) is 11.4. The Morgan fingerprint density at radius 1 is 1.47 bits per heavy atom. The molecule has 0 amide bonds. The van der Waals surface area contributed by atoms with E-state index in [4.69, 9.17) is 4.74 Å². The molecule has 0 bridgehead atoms. The highest BCUT2D eigenvalue weighted by molar-refractivity contribution is 7.09. The molecule has 0 aliphatic rings. The van der Waals surface area contributed by atoms with E-state index in [1.54, 1.807) is 17.5 Å². The third kappa shape index (κ3) is 4.09. The normalized spacial score (nSPS) is 14.3. The molecule has 1 heterocycles. The Morgan fingerprint density at radius 2 is 2.24 bits per heavy atom. The van der Waals surface area contributed by atoms with Crippen molar-refractivity contribution in [3.63, 3.8) is 0 Å². The first-order valence-electron chi connectivity index (χ1n) is 6.04. The van der Waals surface area contributed by atoms with Gasteiger partial charge in [0.2, 0.25) is 0 Å². The standard InChI is InChI=1S/C12H20N2O2S/c1-4-9(11-13-7-8-17-11)14-10(5-2)12(15)16-6-3/h7-10,14H,4-6H2,1-3H3. The van der Waals surface area contributed by atoms with Gasteiger partial charge in [0.1, 0.15) is 11.0 Å². The molecule has 5 heteroatoms. The fourth-order valence-corrected chi connectivity index (χ4v) is 2.39. The third-order valence-electron chi connectivity index (χ3n) is 2.54. The molecular weight excluding hydrogens is 236 g/mol. The van der Waals surface area contributed by atoms with Crippen molar-refractivity contribution in [2.45, 2.75) is 45.7 Å². The van der Waals surface area contributed by atoms with E-state index >= 15 is 0 Å². The molecule has 2 unspecified atom stereocenters. The van der Waals surface area contributed by atoms with E-state index in [0.717, 1.165) is 17.8 Å². The Bertz CT molecular complexity index is 327. The first kappa shape index (κ1) is 14.1. The molecule has 0 aliphatic heterocycles. The Balaban J connectivity index is 2.62. The largest absolute Gasteiger partial charge is 0.465 e. The molecule has 0 radical (unpaired) electrons. The van der Waals surface area contributed by atoms with Gasteiger partial charge in [-0.25, -0.2) is 4.98 Å². The summed E-state index contributed by atoms with van der Waals surface area (Å²) in [5.74, 6) is -0.176. The molecule has 1 aromatic rings. The zero-order valence-electron chi connectivity index (χ0n) is 10.6. The van der Waals surface area contributed by atoms with Crippen LogP contribution in [0.15, 0.2) is 11.6 Å². The topological polar surface area (TPSA) is 51.2 Å². The van der Waals surface area contributed by atoms with Crippen molar-refractivity contribution in [2.75, 3.05) is 6.61 Å². The van der Waals surface area contributed by atoms with Gasteiger partial charge in [-0.2, -0.15) is 0 Å². The molecule has 96 valence electrons. The first-order chi connectivity index (χ1) is 8.22. The second-order valence-electron chi connectivity index (χ2n) is 3.71. The van der Waals surface area contributed by atoms with Crippen LogP contribution in [0, 0.1) is 0 Å². The third-order valence-corrected chi connectivity index (χ3v) is 3.43. The van der Waals surface area contributed by atoms with Gasteiger partial charge in [0.05, 0.1) is 12.6 Å². The maximum absolute atomic E-state index is 11.7. The average molecular weight is 256 g/mol. The predicted molar refractivity (Wildman–Crippen MR) is 69.0 cm³/mol. The van der Waals surface area contributed by atoms with Crippen molar-refractivity contribution in [3.8, 4) is 0 Å². The molecule has 2 atom stereocenters. The average Bonchev–Trinajstić information content (AvgIpc) is 2.84. The fourth-order valence-electron chi connectivity index (χ4n) is 1.61. The van der Waals surface area contributed by atoms with Gasteiger partial charge in [-0.05, 0) is 19.8 Å². The minimum atomic E-state index is -0.246. The minimum Gasteiger partial charge on any atom is -0.465 e. The molecule has 1 N–H and O–H groups in total. The van der Waals surface area contributed by atoms with E-state index in [2.05, 4.69) is 17.2 Å². The lowest BCUT2D eigenvalue weighted by atomic mass is 10.1. The lowest BCUT2D eigenvalue weighted by Gasteiger charge is -2.21. The van der Waals surface area contributed by atoms with Gasteiger partial charge in [0.15, 0.2) is 0 Å². The van der Waals surface area contributed by atoms with Crippen LogP contribution in [-0.4, -0.2) is 23.6 Å². The van der Waals surface area contributed by atoms with Gasteiger partial charge in [-0.3, -0.25) is 10.1 Å². The molecule has 0 aliphatic carbocycles. The van der Waals surface area contributed by atoms with Crippen LogP contribution in [0.1, 0.15) is 44.7 Å². The van der Waals surface area contributed by atoms with Gasteiger partial charge >= 0.3 is 5.97 Å². The van der Waals surface area contributed by atoms with Crippen molar-refractivity contribution in [2.24, 2.45) is 0 Å². The van der Waals surface area contributed by atoms with E-state index in [1.807, 2.05) is 19.2 Å². The van der Waals surface area contributed by atoms with Crippen LogP contribution in [0.25, 0.3) is 0 Å². The molecule has 0 saturated carbocycles. The number of hydrogen-bond donors (Lipinski definition) is 1. The van der Waals surface area contributed by atoms with Crippen LogP contribution in [0.4, 0.5) is 0 Å². The van der Waals surface area contributed by atoms with E-state index in [0.29, 0.717) is 6.61 Å². The highest BCUT2D eigenvalue weighted by atomic mass is 32.1. The Hall–Kier alpha value is -0.940. The SMILES string of the molecule is CCOC(=O)C(CC)NC(CC)c1nccs1. The molecule has 1 aromatic heterocycles. The molecule has 0 saturated heterocycles. The molecule has 4 nitrogen and oxygen atoms in total. The van der Waals surface area contributed by atoms with Gasteiger partial charge < -0.3 is 4.74 Å². The number of esters is 1. The Morgan fingerprint density at radius 3 is 2.71 bits per heavy atom. The Kier molecular flexibility index (Phi) is 6.15. The van der Waals surface area contributed by atoms with E-state index in [-0.39, 0.29) is 18.1 Å². The molecule has 0 spiro atoms. The number of aromatic nitrogens is 1. The van der Waals surface area contributed by atoms with Crippen molar-refractivity contribution < 1.29 is 9.53 Å². The molecular formula is C12H20N2O2S. The highest BCUT2D eigenvalue weighted by Gasteiger charge is 2.22. The number of rotatable bonds is 7. The summed E-state index contributed by atoms with van der Waals surface area (Å²) in [5.41, 5.74) is 0. The molecule has 0 aromatic carbocycles. The summed E-state index contributed by atoms with van der Waals surface area (Å²) in [5, 5.41) is 6.29. The van der Waals surface area contributed by atoms with E-state index in [1.165, 1.54) is 0 Å². The van der Waals surface area contributed by atoms with Crippen LogP contribution >= 0.6 is 11.3 Å². The fraction of sp³-hybridized carbons (Fsp3) is 0.667. The zero-order chi connectivity index (χ0) is 12.7. The second kappa shape index (κ2) is 7.40. The summed E-state index contributed by atoms with van der Waals surface area (Å²) in [4.78, 5) is 16.0. The summed E-state index contributed by atoms with van der Waals surface area (Å²) < 4.78 is 5.04. The number of ether oxygens (including phenoxy) is 1. The number of carbonyl (C=O) groups is 1. The predicted octanol–water partition coefficient (Wildman–Crippen LogP) is 2.53. The monoisotopic (exact) mass is 256 g/mol. The van der Waals surface area contributed by atoms with E-state index < -0.39 is 0 Å². The summed E-state index contributed by atoms with van der Waals surface area (Å²) >= 11 is 1.61. The summed E-state index contributed by atoms with van der Waals surface area (Å²) in [6, 6.07) is -0.117. The van der Waals surface area contributed by atoms with Crippen LogP contribution < -0.4 is 5.32 Å². The highest BCUT2D eigenvalue weighted by Crippen LogP contribution is 2.20. The van der Waals surface area contributed by atoms with Crippen molar-refractivity contribution in [3.05, 3.63) is 16.6 Å². The number of hydrogen-bond acceptors (Lipinski definition) is 5. The number of nitrogens with one attached hydrogen (secondary N) is 1. The van der Waals surface area contributed by atoms with Gasteiger partial charge in [-0.15, -0.1) is 11.3 Å². The molecule has 1 rings (SSSR count). The maximum Gasteiger partial charge on any atom is 0.323 e. The maximum atomic E-state index is 11.7. The van der Waals surface area contributed by atoms with Crippen molar-refractivity contribution >= 4 is 17.3 Å². The second-order valence-corrected chi connectivity index (χ2v) is 4.64. The van der Waals surface area contributed by atoms with Gasteiger partial charge in [0, 0.05) is 11.6 Å². The van der Waals surface area contributed by atoms with Crippen LogP contribution in [0.2, 0.25) is 0 Å². The number of thiazole rings is 1. The van der Waals surface area contributed by atoms with Crippen molar-refractivity contribution in [1.29, 1.82) is 0 Å². The number of nitrogens with zero attached hydrogens (tertiary/aromatic N) is 1. The van der Waals surface area contributed by atoms with E-state index in [9.17, 15) is 4.79 Å². The van der Waals surface area contributed by atoms with Crippen LogP contribution in [0.3, 0.4) is 0 Å². The quantitative estimate of drug-likeness (QED) is 0.762. The summed E-state index contributed by atoms with van der Waals surface area (Å²) in [6.07, 6.45) is 3.42. The molecule has 17 heavy (non-hydrogen) atoms. The minimum absolute atomic E-state index is 0.129.